The first-order valence-corrected chi connectivity index (χ1v) is 12.8. The van der Waals surface area contributed by atoms with Crippen LogP contribution >= 0.6 is 11.3 Å². The number of nitrogens with two attached hydrogens (primary N) is 1. The minimum atomic E-state index is -0.977. The maximum atomic E-state index is 14.9. The third kappa shape index (κ3) is 6.07. The summed E-state index contributed by atoms with van der Waals surface area (Å²) in [7, 11) is 0. The Hall–Kier alpha value is -3.67. The van der Waals surface area contributed by atoms with Crippen LogP contribution in [0.15, 0.2) is 40.9 Å². The third-order valence-corrected chi connectivity index (χ3v) is 7.13. The Kier molecular flexibility index (Phi) is 8.50. The number of halogens is 2. The summed E-state index contributed by atoms with van der Waals surface area (Å²) in [5.41, 5.74) is 7.94. The van der Waals surface area contributed by atoms with Crippen molar-refractivity contribution in [2.45, 2.75) is 46.3 Å². The fraction of sp³-hybridized carbons (Fsp3) is 0.296. The second-order valence-corrected chi connectivity index (χ2v) is 9.80. The number of carbonyl (C=O) groups is 1. The fourth-order valence-corrected chi connectivity index (χ4v) is 5.03. The quantitative estimate of drug-likeness (QED) is 0.207. The first-order valence-electron chi connectivity index (χ1n) is 12.0. The average molecular weight is 543 g/mol. The number of nitrogens with zero attached hydrogens (tertiary/aromatic N) is 2. The molecule has 1 unspecified atom stereocenters. The van der Waals surface area contributed by atoms with Crippen LogP contribution in [0.5, 0.6) is 0 Å². The van der Waals surface area contributed by atoms with Gasteiger partial charge in [-0.2, -0.15) is 0 Å². The zero-order valence-electron chi connectivity index (χ0n) is 21.2. The van der Waals surface area contributed by atoms with Crippen LogP contribution in [-0.4, -0.2) is 27.8 Å². The van der Waals surface area contributed by atoms with Gasteiger partial charge in [-0.15, -0.1) is 11.3 Å². The number of aryl methyl sites for hydroxylation is 2. The van der Waals surface area contributed by atoms with Gasteiger partial charge in [0.1, 0.15) is 28.2 Å². The van der Waals surface area contributed by atoms with Crippen molar-refractivity contribution in [3.05, 3.63) is 81.9 Å². The van der Waals surface area contributed by atoms with E-state index >= 15 is 0 Å². The summed E-state index contributed by atoms with van der Waals surface area (Å²) < 4.78 is 40.7. The molecule has 1 atom stereocenters. The number of aliphatic hydroxyl groups excluding tert-OH is 1. The average Bonchev–Trinajstić information content (AvgIpc) is 3.43. The van der Waals surface area contributed by atoms with E-state index in [1.807, 2.05) is 19.9 Å². The predicted molar refractivity (Wildman–Crippen MR) is 140 cm³/mol. The minimum absolute atomic E-state index is 0.0801. The maximum Gasteiger partial charge on any atom is 0.251 e. The number of hydrogen-bond acceptors (Lipinski definition) is 8. The first kappa shape index (κ1) is 27.4. The summed E-state index contributed by atoms with van der Waals surface area (Å²) in [6.07, 6.45) is -0.130. The monoisotopic (exact) mass is 542 g/mol. The van der Waals surface area contributed by atoms with E-state index < -0.39 is 23.6 Å². The normalized spacial score (nSPS) is 12.1. The molecule has 1 aromatic carbocycles. The summed E-state index contributed by atoms with van der Waals surface area (Å²) in [5.74, 6) is -1.27. The highest BCUT2D eigenvalue weighted by Gasteiger charge is 2.22. The number of pyridine rings is 1. The Morgan fingerprint density at radius 2 is 1.97 bits per heavy atom. The Bertz CT molecular complexity index is 1410. The van der Waals surface area contributed by atoms with E-state index in [9.17, 15) is 18.7 Å². The molecule has 4 N–H and O–H groups in total. The van der Waals surface area contributed by atoms with Gasteiger partial charge in [0, 0.05) is 22.6 Å². The molecule has 0 bridgehead atoms. The van der Waals surface area contributed by atoms with E-state index in [1.54, 1.807) is 19.1 Å². The molecular formula is C27H28F2N4O4S. The molecule has 0 saturated carbocycles. The van der Waals surface area contributed by atoms with Gasteiger partial charge >= 0.3 is 0 Å². The molecular weight excluding hydrogens is 514 g/mol. The van der Waals surface area contributed by atoms with Crippen molar-refractivity contribution >= 4 is 28.1 Å². The lowest BCUT2D eigenvalue weighted by molar-refractivity contribution is 0.100. The van der Waals surface area contributed by atoms with Crippen molar-refractivity contribution in [2.75, 3.05) is 11.9 Å². The maximum absolute atomic E-state index is 14.9. The third-order valence-electron chi connectivity index (χ3n) is 6.06. The van der Waals surface area contributed by atoms with Gasteiger partial charge in [0.25, 0.3) is 5.91 Å². The number of ether oxygens (including phenoxy) is 1. The highest BCUT2D eigenvalue weighted by molar-refractivity contribution is 7.20. The van der Waals surface area contributed by atoms with E-state index in [2.05, 4.69) is 15.5 Å². The van der Waals surface area contributed by atoms with Crippen molar-refractivity contribution in [1.29, 1.82) is 0 Å². The Labute approximate surface area is 222 Å². The van der Waals surface area contributed by atoms with Gasteiger partial charge in [-0.1, -0.05) is 18.1 Å². The lowest BCUT2D eigenvalue weighted by Gasteiger charge is -2.11. The van der Waals surface area contributed by atoms with Crippen LogP contribution in [0.2, 0.25) is 0 Å². The van der Waals surface area contributed by atoms with Gasteiger partial charge in [0.2, 0.25) is 0 Å². The summed E-state index contributed by atoms with van der Waals surface area (Å²) in [6, 6.07) is 8.90. The minimum Gasteiger partial charge on any atom is -0.388 e. The SMILES string of the molecule is CCC(O)c1cc(F)c(-c2cc(C(N)=O)c(Nc3cccc(CCOCc4c(C)noc4C)n3)s2)c(F)c1. The molecule has 3 heterocycles. The number of primary amides is 1. The van der Waals surface area contributed by atoms with Crippen LogP contribution in [-0.2, 0) is 17.8 Å². The van der Waals surface area contributed by atoms with Gasteiger partial charge in [0.05, 0.1) is 36.1 Å². The molecule has 0 aliphatic rings. The Balaban J connectivity index is 1.50. The summed E-state index contributed by atoms with van der Waals surface area (Å²) >= 11 is 0.979. The van der Waals surface area contributed by atoms with Crippen molar-refractivity contribution in [3.8, 4) is 10.4 Å². The van der Waals surface area contributed by atoms with Gasteiger partial charge in [-0.25, -0.2) is 13.8 Å². The van der Waals surface area contributed by atoms with Crippen LogP contribution in [0.1, 0.15) is 58.1 Å². The van der Waals surface area contributed by atoms with Crippen LogP contribution in [0.25, 0.3) is 10.4 Å². The molecule has 11 heteroatoms. The number of nitrogens with one attached hydrogen (secondary N) is 1. The van der Waals surface area contributed by atoms with Gasteiger partial charge < -0.3 is 25.4 Å². The van der Waals surface area contributed by atoms with Gasteiger partial charge in [-0.05, 0) is 56.2 Å². The fourth-order valence-electron chi connectivity index (χ4n) is 3.91. The van der Waals surface area contributed by atoms with Crippen LogP contribution in [0.4, 0.5) is 19.6 Å². The molecule has 0 fully saturated rings. The number of thiophene rings is 1. The van der Waals surface area contributed by atoms with Crippen LogP contribution in [0.3, 0.4) is 0 Å². The molecule has 0 saturated heterocycles. The molecule has 3 aromatic heterocycles. The number of aliphatic hydroxyl groups is 1. The zero-order valence-corrected chi connectivity index (χ0v) is 22.0. The van der Waals surface area contributed by atoms with E-state index in [-0.39, 0.29) is 21.6 Å². The summed E-state index contributed by atoms with van der Waals surface area (Å²) in [6.45, 7) is 6.20. The number of hydrogen-bond donors (Lipinski definition) is 3. The van der Waals surface area contributed by atoms with Crippen LogP contribution in [0, 0.1) is 25.5 Å². The molecule has 0 radical (unpaired) electrons. The van der Waals surface area contributed by atoms with Crippen molar-refractivity contribution < 1.29 is 27.9 Å². The highest BCUT2D eigenvalue weighted by atomic mass is 32.1. The number of aromatic nitrogens is 2. The first-order chi connectivity index (χ1) is 18.2. The Morgan fingerprint density at radius 1 is 1.24 bits per heavy atom. The van der Waals surface area contributed by atoms with Crippen molar-refractivity contribution in [2.24, 2.45) is 5.73 Å². The Morgan fingerprint density at radius 3 is 2.61 bits per heavy atom. The molecule has 38 heavy (non-hydrogen) atoms. The van der Waals surface area contributed by atoms with E-state index in [4.69, 9.17) is 15.0 Å². The molecule has 0 spiro atoms. The number of anilines is 2. The molecule has 0 aliphatic heterocycles. The van der Waals surface area contributed by atoms with Gasteiger partial charge in [-0.3, -0.25) is 4.79 Å². The zero-order chi connectivity index (χ0) is 27.4. The second-order valence-electron chi connectivity index (χ2n) is 8.75. The highest BCUT2D eigenvalue weighted by Crippen LogP contribution is 2.40. The van der Waals surface area contributed by atoms with Gasteiger partial charge in [0.15, 0.2) is 0 Å². The van der Waals surface area contributed by atoms with Crippen molar-refractivity contribution in [3.63, 3.8) is 0 Å². The summed E-state index contributed by atoms with van der Waals surface area (Å²) in [5, 5.41) is 17.2. The lowest BCUT2D eigenvalue weighted by Crippen LogP contribution is -2.11. The number of benzene rings is 1. The predicted octanol–water partition coefficient (Wildman–Crippen LogP) is 5.74. The van der Waals surface area contributed by atoms with E-state index in [1.165, 1.54) is 6.07 Å². The molecule has 200 valence electrons. The molecule has 4 rings (SSSR count). The lowest BCUT2D eigenvalue weighted by atomic mass is 10.0. The number of rotatable bonds is 11. The largest absolute Gasteiger partial charge is 0.388 e. The number of amides is 1. The molecule has 8 nitrogen and oxygen atoms in total. The standard InChI is InChI=1S/C27H28F2N4O4S/c1-4-22(34)16-10-20(28)25(21(29)11-16)23-12-18(26(30)35)27(38-23)32-24-7-5-6-17(31-24)8-9-36-13-19-14(2)33-37-15(19)3/h5-7,10-12,22,34H,4,8-9,13H2,1-3H3,(H2,30,35)(H,31,32). The summed E-state index contributed by atoms with van der Waals surface area (Å²) in [4.78, 5) is 16.8. The molecule has 0 aliphatic carbocycles. The number of carbonyl (C=O) groups excluding carboxylic acids is 1. The smallest absolute Gasteiger partial charge is 0.251 e. The molecule has 1 amide bonds. The molecule has 4 aromatic rings. The van der Waals surface area contributed by atoms with E-state index in [0.29, 0.717) is 36.9 Å². The van der Waals surface area contributed by atoms with Crippen LogP contribution < -0.4 is 11.1 Å². The topological polar surface area (TPSA) is 124 Å². The van der Waals surface area contributed by atoms with E-state index in [0.717, 1.165) is 46.2 Å². The van der Waals surface area contributed by atoms with Crippen molar-refractivity contribution in [1.82, 2.24) is 10.1 Å². The second kappa shape index (κ2) is 11.8.